The Labute approximate surface area is 71.0 Å². The summed E-state index contributed by atoms with van der Waals surface area (Å²) in [7, 11) is 0. The fourth-order valence-electron chi connectivity index (χ4n) is 1.21. The molecule has 12 heavy (non-hydrogen) atoms. The van der Waals surface area contributed by atoms with Crippen LogP contribution < -0.4 is 0 Å². The van der Waals surface area contributed by atoms with Gasteiger partial charge in [-0.25, -0.2) is 0 Å². The molecule has 2 aliphatic rings. The Morgan fingerprint density at radius 1 is 1.58 bits per heavy atom. The molecule has 2 heterocycles. The first-order valence-corrected chi connectivity index (χ1v) is 3.87. The summed E-state index contributed by atoms with van der Waals surface area (Å²) in [6.45, 7) is 2.71. The average molecular weight is 162 g/mol. The molecular weight excluding hydrogens is 152 g/mol. The fourth-order valence-corrected chi connectivity index (χ4v) is 1.21. The molecule has 2 aliphatic heterocycles. The van der Waals surface area contributed by atoms with Gasteiger partial charge in [-0.3, -0.25) is 0 Å². The number of hydrogen-bond donors (Lipinski definition) is 1. The summed E-state index contributed by atoms with van der Waals surface area (Å²) >= 11 is 0. The van der Waals surface area contributed by atoms with E-state index in [2.05, 4.69) is 4.99 Å². The van der Waals surface area contributed by atoms with Crippen molar-refractivity contribution in [1.82, 2.24) is 4.90 Å². The summed E-state index contributed by atoms with van der Waals surface area (Å²) in [6, 6.07) is 0. The summed E-state index contributed by atoms with van der Waals surface area (Å²) in [5.41, 5.74) is 1.15. The van der Waals surface area contributed by atoms with Crippen molar-refractivity contribution < 1.29 is 5.11 Å². The van der Waals surface area contributed by atoms with Gasteiger partial charge in [0.2, 0.25) is 5.88 Å². The molecule has 0 atom stereocenters. The van der Waals surface area contributed by atoms with Crippen LogP contribution in [0.25, 0.3) is 0 Å². The first-order chi connectivity index (χ1) is 5.75. The van der Waals surface area contributed by atoms with Crippen molar-refractivity contribution in [3.05, 3.63) is 35.9 Å². The Bertz CT molecular complexity index is 323. The number of nitrogens with zero attached hydrogens (tertiary/aromatic N) is 2. The molecule has 0 aliphatic carbocycles. The molecule has 0 saturated heterocycles. The van der Waals surface area contributed by atoms with Crippen LogP contribution in [0, 0.1) is 0 Å². The van der Waals surface area contributed by atoms with Gasteiger partial charge in [0, 0.05) is 12.7 Å². The highest BCUT2D eigenvalue weighted by atomic mass is 16.3. The zero-order valence-electron chi connectivity index (χ0n) is 6.86. The molecule has 0 bridgehead atoms. The second kappa shape index (κ2) is 2.52. The topological polar surface area (TPSA) is 35.8 Å². The smallest absolute Gasteiger partial charge is 0.210 e. The van der Waals surface area contributed by atoms with Gasteiger partial charge in [-0.15, -0.1) is 0 Å². The fraction of sp³-hybridized carbons (Fsp3) is 0.222. The number of aliphatic imine (C=N–C) groups is 1. The lowest BCUT2D eigenvalue weighted by molar-refractivity contribution is 0.391. The van der Waals surface area contributed by atoms with Gasteiger partial charge in [0.05, 0.1) is 0 Å². The first-order valence-electron chi connectivity index (χ1n) is 3.87. The van der Waals surface area contributed by atoms with Crippen LogP contribution in [0.15, 0.2) is 40.9 Å². The van der Waals surface area contributed by atoms with E-state index in [0.29, 0.717) is 6.54 Å². The van der Waals surface area contributed by atoms with Crippen LogP contribution in [0.1, 0.15) is 6.92 Å². The van der Waals surface area contributed by atoms with Crippen LogP contribution in [0.2, 0.25) is 0 Å². The minimum Gasteiger partial charge on any atom is -0.493 e. The van der Waals surface area contributed by atoms with Crippen molar-refractivity contribution >= 4 is 5.84 Å². The van der Waals surface area contributed by atoms with Gasteiger partial charge in [0.1, 0.15) is 5.84 Å². The molecule has 0 radical (unpaired) electrons. The van der Waals surface area contributed by atoms with Crippen molar-refractivity contribution in [1.29, 1.82) is 0 Å². The largest absolute Gasteiger partial charge is 0.493 e. The molecule has 0 aromatic heterocycles. The van der Waals surface area contributed by atoms with Crippen LogP contribution in [-0.2, 0) is 0 Å². The molecule has 0 aromatic rings. The quantitative estimate of drug-likeness (QED) is 0.587. The van der Waals surface area contributed by atoms with E-state index in [1.165, 1.54) is 0 Å². The maximum atomic E-state index is 9.13. The van der Waals surface area contributed by atoms with E-state index in [9.17, 15) is 0 Å². The predicted molar refractivity (Wildman–Crippen MR) is 47.7 cm³/mol. The van der Waals surface area contributed by atoms with E-state index < -0.39 is 0 Å². The van der Waals surface area contributed by atoms with Gasteiger partial charge >= 0.3 is 0 Å². The Balaban J connectivity index is 2.36. The third-order valence-corrected chi connectivity index (χ3v) is 1.87. The van der Waals surface area contributed by atoms with E-state index in [1.54, 1.807) is 6.08 Å². The lowest BCUT2D eigenvalue weighted by atomic mass is 10.2. The highest BCUT2D eigenvalue weighted by molar-refractivity contribution is 5.96. The number of aliphatic hydroxyl groups is 1. The maximum Gasteiger partial charge on any atom is 0.210 e. The van der Waals surface area contributed by atoms with Gasteiger partial charge in [-0.2, -0.15) is 4.99 Å². The number of rotatable bonds is 0. The van der Waals surface area contributed by atoms with Crippen LogP contribution in [0.4, 0.5) is 0 Å². The number of amidine groups is 1. The second-order valence-corrected chi connectivity index (χ2v) is 2.89. The van der Waals surface area contributed by atoms with Crippen molar-refractivity contribution in [2.75, 3.05) is 6.54 Å². The molecular formula is C9H10N2O. The number of hydrogen-bond acceptors (Lipinski definition) is 3. The van der Waals surface area contributed by atoms with E-state index in [1.807, 2.05) is 30.2 Å². The SMILES string of the molecule is CC1=CC2=NC(O)=CCN2C=C1. The van der Waals surface area contributed by atoms with Gasteiger partial charge in [0.25, 0.3) is 0 Å². The summed E-state index contributed by atoms with van der Waals surface area (Å²) < 4.78 is 0. The van der Waals surface area contributed by atoms with Crippen LogP contribution in [0.5, 0.6) is 0 Å². The normalized spacial score (nSPS) is 21.1. The third kappa shape index (κ3) is 1.13. The number of fused-ring (bicyclic) bond motifs is 1. The van der Waals surface area contributed by atoms with E-state index in [0.717, 1.165) is 11.4 Å². The Morgan fingerprint density at radius 3 is 3.25 bits per heavy atom. The molecule has 0 unspecified atom stereocenters. The maximum absolute atomic E-state index is 9.13. The first kappa shape index (κ1) is 7.16. The predicted octanol–water partition coefficient (Wildman–Crippen LogP) is 1.57. The van der Waals surface area contributed by atoms with E-state index in [-0.39, 0.29) is 5.88 Å². The minimum absolute atomic E-state index is 0.112. The molecule has 62 valence electrons. The minimum atomic E-state index is 0.112. The van der Waals surface area contributed by atoms with Gasteiger partial charge in [-0.05, 0) is 30.7 Å². The molecule has 0 fully saturated rings. The van der Waals surface area contributed by atoms with Crippen molar-refractivity contribution in [2.45, 2.75) is 6.92 Å². The van der Waals surface area contributed by atoms with Gasteiger partial charge in [0.15, 0.2) is 0 Å². The average Bonchev–Trinajstić information content (AvgIpc) is 2.03. The molecule has 0 aromatic carbocycles. The summed E-state index contributed by atoms with van der Waals surface area (Å²) in [6.07, 6.45) is 7.62. The lowest BCUT2D eigenvalue weighted by Crippen LogP contribution is -2.29. The molecule has 0 amide bonds. The Hall–Kier alpha value is -1.51. The molecule has 1 N–H and O–H groups in total. The molecule has 3 nitrogen and oxygen atoms in total. The molecule has 2 rings (SSSR count). The van der Waals surface area contributed by atoms with E-state index >= 15 is 0 Å². The third-order valence-electron chi connectivity index (χ3n) is 1.87. The summed E-state index contributed by atoms with van der Waals surface area (Å²) in [5, 5.41) is 9.13. The zero-order chi connectivity index (χ0) is 8.55. The van der Waals surface area contributed by atoms with Crippen LogP contribution >= 0.6 is 0 Å². The number of allylic oxidation sites excluding steroid dienone is 2. The molecule has 0 spiro atoms. The van der Waals surface area contributed by atoms with Crippen molar-refractivity contribution in [2.24, 2.45) is 4.99 Å². The van der Waals surface area contributed by atoms with Crippen molar-refractivity contribution in [3.8, 4) is 0 Å². The Kier molecular flexibility index (Phi) is 1.50. The number of aliphatic hydroxyl groups excluding tert-OH is 1. The van der Waals surface area contributed by atoms with Gasteiger partial charge < -0.3 is 10.0 Å². The Morgan fingerprint density at radius 2 is 2.42 bits per heavy atom. The standard InChI is InChI=1S/C9H10N2O/c1-7-2-4-11-5-3-9(12)10-8(11)6-7/h2-4,6,12H,5H2,1H3. The molecule has 0 saturated carbocycles. The van der Waals surface area contributed by atoms with Crippen LogP contribution in [-0.4, -0.2) is 22.4 Å². The zero-order valence-corrected chi connectivity index (χ0v) is 6.86. The van der Waals surface area contributed by atoms with Crippen LogP contribution in [0.3, 0.4) is 0 Å². The summed E-state index contributed by atoms with van der Waals surface area (Å²) in [4.78, 5) is 5.97. The summed E-state index contributed by atoms with van der Waals surface area (Å²) in [5.74, 6) is 0.926. The van der Waals surface area contributed by atoms with Crippen molar-refractivity contribution in [3.63, 3.8) is 0 Å². The lowest BCUT2D eigenvalue weighted by Gasteiger charge is -2.24. The van der Waals surface area contributed by atoms with Gasteiger partial charge in [-0.1, -0.05) is 0 Å². The second-order valence-electron chi connectivity index (χ2n) is 2.89. The molecule has 3 heteroatoms. The van der Waals surface area contributed by atoms with E-state index in [4.69, 9.17) is 5.11 Å². The monoisotopic (exact) mass is 162 g/mol. The highest BCUT2D eigenvalue weighted by Gasteiger charge is 2.13. The highest BCUT2D eigenvalue weighted by Crippen LogP contribution is 2.13.